The number of epoxide rings is 1. The van der Waals surface area contributed by atoms with Crippen LogP contribution in [0.2, 0.25) is 5.02 Å². The third-order valence-electron chi connectivity index (χ3n) is 5.05. The van der Waals surface area contributed by atoms with Gasteiger partial charge in [-0.05, 0) is 11.6 Å². The van der Waals surface area contributed by atoms with Crippen LogP contribution in [0, 0.1) is 0 Å². The van der Waals surface area contributed by atoms with Crippen LogP contribution in [0.25, 0.3) is 22.6 Å². The zero-order chi connectivity index (χ0) is 19.8. The highest BCUT2D eigenvalue weighted by molar-refractivity contribution is 6.31. The van der Waals surface area contributed by atoms with Crippen LogP contribution in [0.15, 0.2) is 100 Å². The van der Waals surface area contributed by atoms with Crippen LogP contribution in [0.1, 0.15) is 23.3 Å². The molecule has 0 aliphatic carbocycles. The predicted octanol–water partition coefficient (Wildman–Crippen LogP) is 6.44. The molecule has 1 fully saturated rings. The van der Waals surface area contributed by atoms with Crippen molar-refractivity contribution in [1.82, 2.24) is 0 Å². The predicted molar refractivity (Wildman–Crippen MR) is 114 cm³/mol. The van der Waals surface area contributed by atoms with E-state index >= 15 is 0 Å². The molecule has 1 aromatic heterocycles. The van der Waals surface area contributed by atoms with Crippen molar-refractivity contribution >= 4 is 11.6 Å². The summed E-state index contributed by atoms with van der Waals surface area (Å²) >= 11 is 6.28. The number of halogens is 1. The molecular weight excluding hydrogens is 384 g/mol. The van der Waals surface area contributed by atoms with Crippen LogP contribution in [0.4, 0.5) is 0 Å². The zero-order valence-corrected chi connectivity index (χ0v) is 16.2. The van der Waals surface area contributed by atoms with Crippen molar-refractivity contribution in [2.24, 2.45) is 0 Å². The third-order valence-corrected chi connectivity index (χ3v) is 5.40. The summed E-state index contributed by atoms with van der Waals surface area (Å²) in [5.74, 6) is 1.10. The van der Waals surface area contributed by atoms with Crippen LogP contribution >= 0.6 is 11.6 Å². The first-order valence-electron chi connectivity index (χ1n) is 9.40. The Morgan fingerprint density at radius 2 is 1.31 bits per heavy atom. The molecular formula is C25H17ClO3. The van der Waals surface area contributed by atoms with Crippen LogP contribution in [0.3, 0.4) is 0 Å². The molecule has 5 rings (SSSR count). The zero-order valence-electron chi connectivity index (χ0n) is 15.4. The first kappa shape index (κ1) is 17.9. The van der Waals surface area contributed by atoms with Gasteiger partial charge in [-0.2, -0.15) is 0 Å². The smallest absolute Gasteiger partial charge is 0.186 e. The summed E-state index contributed by atoms with van der Waals surface area (Å²) in [5.41, 5.74) is 3.71. The molecule has 2 heterocycles. The van der Waals surface area contributed by atoms with E-state index in [1.165, 1.54) is 12.1 Å². The molecule has 0 bridgehead atoms. The van der Waals surface area contributed by atoms with Gasteiger partial charge in [0.1, 0.15) is 23.7 Å². The summed E-state index contributed by atoms with van der Waals surface area (Å²) in [6.07, 6.45) is -0.0273. The van der Waals surface area contributed by atoms with E-state index in [-0.39, 0.29) is 17.6 Å². The largest absolute Gasteiger partial charge is 0.456 e. The lowest BCUT2D eigenvalue weighted by Crippen LogP contribution is -1.98. The lowest BCUT2D eigenvalue weighted by atomic mass is 10.0. The van der Waals surface area contributed by atoms with Crippen LogP contribution in [0.5, 0.6) is 0 Å². The molecule has 1 saturated heterocycles. The molecule has 3 nitrogen and oxygen atoms in total. The molecule has 0 spiro atoms. The van der Waals surface area contributed by atoms with Gasteiger partial charge in [0.2, 0.25) is 0 Å². The van der Waals surface area contributed by atoms with E-state index in [1.54, 1.807) is 0 Å². The lowest BCUT2D eigenvalue weighted by molar-refractivity contribution is 0.378. The second-order valence-corrected chi connectivity index (χ2v) is 7.42. The maximum absolute atomic E-state index is 12.2. The molecule has 4 heteroatoms. The van der Waals surface area contributed by atoms with Gasteiger partial charge in [-0.1, -0.05) is 84.4 Å². The maximum Gasteiger partial charge on any atom is 0.186 e. The van der Waals surface area contributed by atoms with Crippen LogP contribution in [-0.4, -0.2) is 0 Å². The fourth-order valence-electron chi connectivity index (χ4n) is 3.51. The summed E-state index contributed by atoms with van der Waals surface area (Å²) in [5, 5.41) is 0.719. The molecule has 4 aromatic rings. The molecule has 142 valence electrons. The van der Waals surface area contributed by atoms with E-state index in [2.05, 4.69) is 0 Å². The topological polar surface area (TPSA) is 42.7 Å². The molecule has 1 aliphatic heterocycles. The molecule has 3 aromatic carbocycles. The minimum Gasteiger partial charge on any atom is -0.456 e. The Hall–Kier alpha value is -3.14. The van der Waals surface area contributed by atoms with E-state index in [9.17, 15) is 4.79 Å². The molecule has 2 atom stereocenters. The number of rotatable bonds is 4. The van der Waals surface area contributed by atoms with Gasteiger partial charge in [0.25, 0.3) is 0 Å². The van der Waals surface area contributed by atoms with Crippen molar-refractivity contribution in [3.63, 3.8) is 0 Å². The van der Waals surface area contributed by atoms with Crippen molar-refractivity contribution in [2.75, 3.05) is 0 Å². The highest BCUT2D eigenvalue weighted by Crippen LogP contribution is 2.52. The summed E-state index contributed by atoms with van der Waals surface area (Å²) in [7, 11) is 0. The second-order valence-electron chi connectivity index (χ2n) is 7.01. The minimum absolute atomic E-state index is 0.00777. The number of benzene rings is 3. The molecule has 0 unspecified atom stereocenters. The fourth-order valence-corrected chi connectivity index (χ4v) is 3.75. The highest BCUT2D eigenvalue weighted by atomic mass is 35.5. The van der Waals surface area contributed by atoms with Crippen molar-refractivity contribution < 1.29 is 9.15 Å². The van der Waals surface area contributed by atoms with Gasteiger partial charge in [-0.25, -0.2) is 0 Å². The van der Waals surface area contributed by atoms with E-state index < -0.39 is 0 Å². The number of ether oxygens (including phenoxy) is 1. The molecule has 0 amide bonds. The molecule has 0 radical (unpaired) electrons. The SMILES string of the molecule is O=c1cc(-c2ccccc2)oc(-c2ccc([C@@H]3O[C@H]3c3ccccc3Cl)cc2)c1. The first-order chi connectivity index (χ1) is 14.2. The Balaban J connectivity index is 1.41. The van der Waals surface area contributed by atoms with Gasteiger partial charge in [-0.3, -0.25) is 4.79 Å². The lowest BCUT2D eigenvalue weighted by Gasteiger charge is -2.06. The van der Waals surface area contributed by atoms with E-state index in [0.717, 1.165) is 27.3 Å². The monoisotopic (exact) mass is 400 g/mol. The van der Waals surface area contributed by atoms with Crippen molar-refractivity contribution in [1.29, 1.82) is 0 Å². The van der Waals surface area contributed by atoms with Gasteiger partial charge >= 0.3 is 0 Å². The highest BCUT2D eigenvalue weighted by Gasteiger charge is 2.42. The van der Waals surface area contributed by atoms with Crippen LogP contribution in [-0.2, 0) is 4.74 Å². The van der Waals surface area contributed by atoms with Crippen molar-refractivity contribution in [3.8, 4) is 22.6 Å². The summed E-state index contributed by atoms with van der Waals surface area (Å²) in [4.78, 5) is 12.2. The van der Waals surface area contributed by atoms with E-state index in [1.807, 2.05) is 78.9 Å². The quantitative estimate of drug-likeness (QED) is 0.370. The normalized spacial score (nSPS) is 17.8. The van der Waals surface area contributed by atoms with Gasteiger partial charge in [0, 0.05) is 33.8 Å². The standard InChI is InChI=1S/C25H17ClO3/c26-21-9-5-4-8-20(21)25-24(29-25)18-12-10-17(11-13-18)23-15-19(27)14-22(28-23)16-6-2-1-3-7-16/h1-15,24-25H/t24-,25-/m0/s1. The first-order valence-corrected chi connectivity index (χ1v) is 9.78. The Morgan fingerprint density at radius 3 is 2.00 bits per heavy atom. The Morgan fingerprint density at radius 1 is 0.690 bits per heavy atom. The van der Waals surface area contributed by atoms with Crippen molar-refractivity contribution in [3.05, 3.63) is 117 Å². The summed E-state index contributed by atoms with van der Waals surface area (Å²) < 4.78 is 11.9. The number of hydrogen-bond acceptors (Lipinski definition) is 3. The molecule has 0 N–H and O–H groups in total. The summed E-state index contributed by atoms with van der Waals surface area (Å²) in [6, 6.07) is 28.3. The maximum atomic E-state index is 12.2. The van der Waals surface area contributed by atoms with E-state index in [4.69, 9.17) is 20.8 Å². The van der Waals surface area contributed by atoms with Gasteiger partial charge in [0.05, 0.1) is 0 Å². The van der Waals surface area contributed by atoms with Crippen molar-refractivity contribution in [2.45, 2.75) is 12.2 Å². The fraction of sp³-hybridized carbons (Fsp3) is 0.0800. The second kappa shape index (κ2) is 7.36. The van der Waals surface area contributed by atoms with E-state index in [0.29, 0.717) is 11.5 Å². The average molecular weight is 401 g/mol. The Kier molecular flexibility index (Phi) is 4.55. The average Bonchev–Trinajstić information content (AvgIpc) is 3.55. The molecule has 0 saturated carbocycles. The molecule has 29 heavy (non-hydrogen) atoms. The van der Waals surface area contributed by atoms with Gasteiger partial charge in [-0.15, -0.1) is 0 Å². The van der Waals surface area contributed by atoms with Gasteiger partial charge in [0.15, 0.2) is 5.43 Å². The third kappa shape index (κ3) is 3.63. The number of hydrogen-bond donors (Lipinski definition) is 0. The Bertz CT molecular complexity index is 1210. The Labute approximate surface area is 173 Å². The minimum atomic E-state index is -0.0847. The summed E-state index contributed by atoms with van der Waals surface area (Å²) in [6.45, 7) is 0. The molecule has 1 aliphatic rings. The van der Waals surface area contributed by atoms with Gasteiger partial charge < -0.3 is 9.15 Å². The van der Waals surface area contributed by atoms with Crippen LogP contribution < -0.4 is 5.43 Å².